The van der Waals surface area contributed by atoms with Gasteiger partial charge in [0.1, 0.15) is 5.54 Å². The Kier molecular flexibility index (Phi) is 6.41. The zero-order valence-electron chi connectivity index (χ0n) is 19.8. The lowest BCUT2D eigenvalue weighted by Crippen LogP contribution is -2.54. The van der Waals surface area contributed by atoms with Gasteiger partial charge in [0, 0.05) is 49.2 Å². The molecule has 4 amide bonds. The van der Waals surface area contributed by atoms with E-state index in [9.17, 15) is 19.6 Å². The summed E-state index contributed by atoms with van der Waals surface area (Å²) in [6.07, 6.45) is 1.99. The molecule has 3 aliphatic rings. The SMILES string of the molecule is CN1C(=O)N(c2cc(Cl)cc(Cl)c2)C(=O)[C@]12CN(CC(=O)N1CCCC1)C[C@H]2c1ccc(C#N)cc1. The standard InChI is InChI=1S/C26H25Cl2N5O3/c1-30-25(36)33(21-11-19(27)10-20(28)12-21)24(35)26(30)16-31(15-23(34)32-8-2-3-9-32)14-22(26)18-6-4-17(13-29)5-7-18/h4-7,10-12,22H,2-3,8-9,14-16H2,1H3/t22-,26+/m0/s1. The third kappa shape index (κ3) is 4.01. The minimum Gasteiger partial charge on any atom is -0.342 e. The van der Waals surface area contributed by atoms with Crippen molar-refractivity contribution in [2.24, 2.45) is 0 Å². The van der Waals surface area contributed by atoms with Crippen molar-refractivity contribution < 1.29 is 14.4 Å². The third-order valence-corrected chi connectivity index (χ3v) is 7.93. The van der Waals surface area contributed by atoms with E-state index in [1.807, 2.05) is 21.9 Å². The Morgan fingerprint density at radius 1 is 1.08 bits per heavy atom. The average molecular weight is 526 g/mol. The smallest absolute Gasteiger partial charge is 0.332 e. The van der Waals surface area contributed by atoms with Gasteiger partial charge in [-0.15, -0.1) is 0 Å². The van der Waals surface area contributed by atoms with E-state index < -0.39 is 17.5 Å². The van der Waals surface area contributed by atoms with Gasteiger partial charge in [-0.3, -0.25) is 14.5 Å². The summed E-state index contributed by atoms with van der Waals surface area (Å²) in [7, 11) is 1.62. The first-order chi connectivity index (χ1) is 17.2. The molecular weight excluding hydrogens is 501 g/mol. The first-order valence-corrected chi connectivity index (χ1v) is 12.6. The maximum Gasteiger partial charge on any atom is 0.332 e. The Hall–Kier alpha value is -3.12. The van der Waals surface area contributed by atoms with Gasteiger partial charge in [-0.1, -0.05) is 35.3 Å². The number of nitriles is 1. The van der Waals surface area contributed by atoms with Crippen molar-refractivity contribution >= 4 is 46.7 Å². The highest BCUT2D eigenvalue weighted by molar-refractivity contribution is 6.35. The fourth-order valence-corrected chi connectivity index (χ4v) is 6.19. The van der Waals surface area contributed by atoms with E-state index >= 15 is 0 Å². The van der Waals surface area contributed by atoms with Crippen LogP contribution in [0.5, 0.6) is 0 Å². The first-order valence-electron chi connectivity index (χ1n) is 11.8. The molecule has 1 spiro atoms. The highest BCUT2D eigenvalue weighted by Crippen LogP contribution is 2.46. The van der Waals surface area contributed by atoms with Gasteiger partial charge < -0.3 is 9.80 Å². The molecule has 0 N–H and O–H groups in total. The summed E-state index contributed by atoms with van der Waals surface area (Å²) in [5, 5.41) is 9.86. The molecule has 3 saturated heterocycles. The third-order valence-electron chi connectivity index (χ3n) is 7.50. The number of halogens is 2. The van der Waals surface area contributed by atoms with Gasteiger partial charge in [-0.2, -0.15) is 5.26 Å². The molecule has 3 heterocycles. The maximum absolute atomic E-state index is 14.2. The number of carbonyl (C=O) groups is 3. The van der Waals surface area contributed by atoms with E-state index in [4.69, 9.17) is 23.2 Å². The quantitative estimate of drug-likeness (QED) is 0.567. The van der Waals surface area contributed by atoms with Crippen LogP contribution in [0.1, 0.15) is 29.9 Å². The van der Waals surface area contributed by atoms with Gasteiger partial charge in [-0.05, 0) is 48.7 Å². The molecule has 10 heteroatoms. The van der Waals surface area contributed by atoms with Crippen molar-refractivity contribution in [3.8, 4) is 6.07 Å². The van der Waals surface area contributed by atoms with Crippen LogP contribution >= 0.6 is 23.2 Å². The van der Waals surface area contributed by atoms with Crippen LogP contribution in [-0.4, -0.2) is 77.9 Å². The van der Waals surface area contributed by atoms with Crippen molar-refractivity contribution in [1.29, 1.82) is 5.26 Å². The lowest BCUT2D eigenvalue weighted by Gasteiger charge is -2.34. The van der Waals surface area contributed by atoms with Gasteiger partial charge >= 0.3 is 6.03 Å². The normalized spacial score (nSPS) is 24.3. The summed E-state index contributed by atoms with van der Waals surface area (Å²) in [4.78, 5) is 47.1. The van der Waals surface area contributed by atoms with E-state index in [1.54, 1.807) is 19.2 Å². The zero-order valence-corrected chi connectivity index (χ0v) is 21.3. The Balaban J connectivity index is 1.54. The molecule has 2 atom stereocenters. The topological polar surface area (TPSA) is 88.0 Å². The van der Waals surface area contributed by atoms with Crippen LogP contribution < -0.4 is 4.90 Å². The number of nitrogens with zero attached hydrogens (tertiary/aromatic N) is 5. The molecule has 2 aromatic rings. The second-order valence-corrected chi connectivity index (χ2v) is 10.5. The minimum absolute atomic E-state index is 0.0287. The second-order valence-electron chi connectivity index (χ2n) is 9.58. The maximum atomic E-state index is 14.2. The predicted molar refractivity (Wildman–Crippen MR) is 136 cm³/mol. The highest BCUT2D eigenvalue weighted by atomic mass is 35.5. The molecule has 8 nitrogen and oxygen atoms in total. The molecule has 36 heavy (non-hydrogen) atoms. The van der Waals surface area contributed by atoms with Gasteiger partial charge in [0.25, 0.3) is 5.91 Å². The average Bonchev–Trinajstić information content (AvgIpc) is 3.55. The number of rotatable bonds is 4. The Labute approximate surface area is 219 Å². The summed E-state index contributed by atoms with van der Waals surface area (Å²) < 4.78 is 0. The van der Waals surface area contributed by atoms with Gasteiger partial charge in [0.15, 0.2) is 0 Å². The van der Waals surface area contributed by atoms with Crippen molar-refractivity contribution in [2.45, 2.75) is 24.3 Å². The summed E-state index contributed by atoms with van der Waals surface area (Å²) in [5.74, 6) is -0.766. The van der Waals surface area contributed by atoms with E-state index in [2.05, 4.69) is 6.07 Å². The second kappa shape index (κ2) is 9.40. The van der Waals surface area contributed by atoms with E-state index in [0.29, 0.717) is 27.8 Å². The van der Waals surface area contributed by atoms with Crippen molar-refractivity contribution in [2.75, 3.05) is 44.7 Å². The zero-order chi connectivity index (χ0) is 25.6. The van der Waals surface area contributed by atoms with Crippen molar-refractivity contribution in [1.82, 2.24) is 14.7 Å². The molecule has 0 bridgehead atoms. The molecule has 0 radical (unpaired) electrons. The summed E-state index contributed by atoms with van der Waals surface area (Å²) in [5.41, 5.74) is 0.399. The molecule has 2 aromatic carbocycles. The van der Waals surface area contributed by atoms with Crippen molar-refractivity contribution in [3.63, 3.8) is 0 Å². The lowest BCUT2D eigenvalue weighted by atomic mass is 9.80. The van der Waals surface area contributed by atoms with Crippen LogP contribution in [0.25, 0.3) is 0 Å². The summed E-state index contributed by atoms with van der Waals surface area (Å²) >= 11 is 12.4. The molecule has 5 rings (SSSR count). The van der Waals surface area contributed by atoms with Crippen LogP contribution in [0.3, 0.4) is 0 Å². The highest BCUT2D eigenvalue weighted by Gasteiger charge is 2.64. The largest absolute Gasteiger partial charge is 0.342 e. The summed E-state index contributed by atoms with van der Waals surface area (Å²) in [6.45, 7) is 2.30. The molecule has 0 aliphatic carbocycles. The number of likely N-dealkylation sites (N-methyl/N-ethyl adjacent to an activating group) is 1. The van der Waals surface area contributed by atoms with E-state index in [-0.39, 0.29) is 24.9 Å². The molecular formula is C26H25Cl2N5O3. The molecule has 186 valence electrons. The monoisotopic (exact) mass is 525 g/mol. The molecule has 0 aromatic heterocycles. The van der Waals surface area contributed by atoms with E-state index in [0.717, 1.165) is 36.4 Å². The van der Waals surface area contributed by atoms with Crippen LogP contribution in [0.15, 0.2) is 42.5 Å². The number of urea groups is 1. The Bertz CT molecular complexity index is 1250. The number of hydrogen-bond acceptors (Lipinski definition) is 5. The number of imide groups is 1. The van der Waals surface area contributed by atoms with E-state index in [1.165, 1.54) is 23.1 Å². The fraction of sp³-hybridized carbons (Fsp3) is 0.385. The number of carbonyl (C=O) groups excluding carboxylic acids is 3. The van der Waals surface area contributed by atoms with Gasteiger partial charge in [0.2, 0.25) is 5.91 Å². The van der Waals surface area contributed by atoms with Crippen LogP contribution in [0, 0.1) is 11.3 Å². The fourth-order valence-electron chi connectivity index (χ4n) is 5.67. The number of amides is 4. The molecule has 3 fully saturated rings. The van der Waals surface area contributed by atoms with Crippen molar-refractivity contribution in [3.05, 3.63) is 63.6 Å². The summed E-state index contributed by atoms with van der Waals surface area (Å²) in [6, 6.07) is 13.3. The molecule has 3 aliphatic heterocycles. The van der Waals surface area contributed by atoms with Crippen LogP contribution in [0.4, 0.5) is 10.5 Å². The number of likely N-dealkylation sites (tertiary alicyclic amines) is 2. The number of anilines is 1. The lowest BCUT2D eigenvalue weighted by molar-refractivity contribution is -0.131. The number of hydrogen-bond donors (Lipinski definition) is 0. The molecule has 0 unspecified atom stereocenters. The Morgan fingerprint density at radius 2 is 1.72 bits per heavy atom. The number of benzene rings is 2. The Morgan fingerprint density at radius 3 is 2.33 bits per heavy atom. The first kappa shape index (κ1) is 24.6. The van der Waals surface area contributed by atoms with Gasteiger partial charge in [0.05, 0.1) is 23.9 Å². The minimum atomic E-state index is -1.23. The van der Waals surface area contributed by atoms with Crippen LogP contribution in [-0.2, 0) is 9.59 Å². The predicted octanol–water partition coefficient (Wildman–Crippen LogP) is 3.72. The van der Waals surface area contributed by atoms with Crippen LogP contribution in [0.2, 0.25) is 10.0 Å². The van der Waals surface area contributed by atoms with Gasteiger partial charge in [-0.25, -0.2) is 9.69 Å². The molecule has 0 saturated carbocycles.